The summed E-state index contributed by atoms with van der Waals surface area (Å²) in [5.41, 5.74) is 1.53. The van der Waals surface area contributed by atoms with Gasteiger partial charge >= 0.3 is 0 Å². The Labute approximate surface area is 451 Å². The van der Waals surface area contributed by atoms with Crippen LogP contribution in [0.3, 0.4) is 0 Å². The summed E-state index contributed by atoms with van der Waals surface area (Å²) in [5.74, 6) is -2.30. The van der Waals surface area contributed by atoms with Crippen LogP contribution in [-0.2, 0) is 41.6 Å². The van der Waals surface area contributed by atoms with Crippen LogP contribution in [0.1, 0.15) is 120 Å². The number of hydrogen-bond donors (Lipinski definition) is 5. The minimum atomic E-state index is -0.896. The molecule has 7 amide bonds. The summed E-state index contributed by atoms with van der Waals surface area (Å²) in [7, 11) is 3.35. The van der Waals surface area contributed by atoms with Gasteiger partial charge in [0.15, 0.2) is 5.78 Å². The Bertz CT molecular complexity index is 2300. The summed E-state index contributed by atoms with van der Waals surface area (Å²) in [5, 5.41) is 14.9. The summed E-state index contributed by atoms with van der Waals surface area (Å²) in [6, 6.07) is 21.9. The molecule has 2 saturated heterocycles. The number of amides is 7. The molecule has 0 aromatic heterocycles. The third-order valence-electron chi connectivity index (χ3n) is 15.0. The maximum Gasteiger partial charge on any atom is 0.251 e. The van der Waals surface area contributed by atoms with Crippen LogP contribution in [0.5, 0.6) is 0 Å². The van der Waals surface area contributed by atoms with Crippen molar-refractivity contribution in [3.8, 4) is 0 Å². The van der Waals surface area contributed by atoms with Gasteiger partial charge in [0.1, 0.15) is 12.1 Å². The molecule has 0 aliphatic carbocycles. The average molecular weight is 1050 g/mol. The Morgan fingerprint density at radius 3 is 1.39 bits per heavy atom. The van der Waals surface area contributed by atoms with E-state index < -0.39 is 59.0 Å². The Balaban J connectivity index is 1.32. The van der Waals surface area contributed by atoms with Gasteiger partial charge in [-0.05, 0) is 93.6 Å². The first-order valence-corrected chi connectivity index (χ1v) is 26.9. The zero-order valence-electron chi connectivity index (χ0n) is 47.0. The Hall–Kier alpha value is -6.46. The average Bonchev–Trinajstić information content (AvgIpc) is 3.99. The first-order chi connectivity index (χ1) is 35.8. The first-order valence-electron chi connectivity index (χ1n) is 26.9. The molecule has 0 unspecified atom stereocenters. The van der Waals surface area contributed by atoms with Gasteiger partial charge in [0.2, 0.25) is 35.4 Å². The van der Waals surface area contributed by atoms with Gasteiger partial charge in [-0.1, -0.05) is 114 Å². The third-order valence-corrected chi connectivity index (χ3v) is 15.0. The normalized spacial score (nSPS) is 19.2. The van der Waals surface area contributed by atoms with Crippen LogP contribution in [0.4, 0.5) is 0 Å². The van der Waals surface area contributed by atoms with Gasteiger partial charge in [-0.2, -0.15) is 0 Å². The Morgan fingerprint density at radius 1 is 0.579 bits per heavy atom. The van der Waals surface area contributed by atoms with Gasteiger partial charge in [0.25, 0.3) is 5.91 Å². The van der Waals surface area contributed by atoms with Crippen molar-refractivity contribution in [2.75, 3.05) is 53.4 Å². The topological polar surface area (TPSA) is 210 Å². The van der Waals surface area contributed by atoms with Gasteiger partial charge in [-0.15, -0.1) is 0 Å². The summed E-state index contributed by atoms with van der Waals surface area (Å²) < 4.78 is 0. The number of carbonyl (C=O) groups is 8. The van der Waals surface area contributed by atoms with Crippen molar-refractivity contribution in [1.82, 2.24) is 46.2 Å². The number of carbonyl (C=O) groups excluding carboxylic acids is 8. The molecule has 17 nitrogen and oxygen atoms in total. The van der Waals surface area contributed by atoms with Crippen LogP contribution in [0.15, 0.2) is 84.9 Å². The highest BCUT2D eigenvalue weighted by atomic mass is 16.2. The van der Waals surface area contributed by atoms with E-state index in [-0.39, 0.29) is 79.7 Å². The molecular formula is C59H85N9O8. The van der Waals surface area contributed by atoms with E-state index in [4.69, 9.17) is 0 Å². The fourth-order valence-electron chi connectivity index (χ4n) is 10.0. The van der Waals surface area contributed by atoms with Crippen LogP contribution in [0.25, 0.3) is 0 Å². The molecule has 414 valence electrons. The van der Waals surface area contributed by atoms with Crippen molar-refractivity contribution in [3.63, 3.8) is 0 Å². The summed E-state index contributed by atoms with van der Waals surface area (Å²) in [6.45, 7) is 19.6. The standard InChI is InChI=1S/C59H85N9O8/c1-38(60-11)53(72)63-51(58(5,6)7)56(75)67-34-44(31-48(67)36-65(40(3)69)29-27-42-19-15-13-16-20-42)32-50(71)45-23-25-46(26-24-45)55(74)62-47-33-49(37-66(41(4)70)30-28-43-21-17-14-18-22-43)68(35-47)57(76)52(59(8,9)10)64-54(73)39(2)61-12/h13-26,38-39,44,47-49,51-52,60-61H,27-37H2,1-12H3,(H,62,74)(H,63,72)(H,64,73)/t38-,39-,44+,47-,48-,49-,51+,52+/m0/s1. The van der Waals surface area contributed by atoms with Gasteiger partial charge in [-0.3, -0.25) is 38.4 Å². The maximum absolute atomic E-state index is 14.7. The molecule has 0 spiro atoms. The number of rotatable bonds is 23. The molecule has 2 fully saturated rings. The lowest BCUT2D eigenvalue weighted by molar-refractivity contribution is -0.142. The monoisotopic (exact) mass is 1050 g/mol. The number of nitrogens with zero attached hydrogens (tertiary/aromatic N) is 4. The Morgan fingerprint density at radius 2 is 0.987 bits per heavy atom. The predicted molar refractivity (Wildman–Crippen MR) is 295 cm³/mol. The van der Waals surface area contributed by atoms with E-state index in [0.717, 1.165) is 11.1 Å². The van der Waals surface area contributed by atoms with E-state index in [0.29, 0.717) is 49.9 Å². The summed E-state index contributed by atoms with van der Waals surface area (Å²) in [6.07, 6.45) is 2.18. The smallest absolute Gasteiger partial charge is 0.251 e. The highest BCUT2D eigenvalue weighted by Crippen LogP contribution is 2.32. The van der Waals surface area contributed by atoms with Crippen molar-refractivity contribution in [2.24, 2.45) is 16.7 Å². The molecule has 0 bridgehead atoms. The van der Waals surface area contributed by atoms with Crippen molar-refractivity contribution in [2.45, 2.75) is 144 Å². The number of nitrogens with one attached hydrogen (secondary N) is 5. The number of ketones is 1. The molecule has 5 N–H and O–H groups in total. The fourth-order valence-corrected chi connectivity index (χ4v) is 10.0. The van der Waals surface area contributed by atoms with Gasteiger partial charge in [0.05, 0.1) is 18.1 Å². The number of Topliss-reactive ketones (excluding diaryl/α,β-unsaturated/α-hetero) is 1. The number of likely N-dealkylation sites (N-methyl/N-ethyl adjacent to an activating group) is 2. The lowest BCUT2D eigenvalue weighted by Crippen LogP contribution is -2.59. The largest absolute Gasteiger partial charge is 0.347 e. The van der Waals surface area contributed by atoms with Crippen LogP contribution in [-0.4, -0.2) is 162 Å². The second-order valence-corrected chi connectivity index (χ2v) is 23.0. The second kappa shape index (κ2) is 27.0. The van der Waals surface area contributed by atoms with Crippen molar-refractivity contribution in [1.29, 1.82) is 0 Å². The van der Waals surface area contributed by atoms with E-state index in [1.54, 1.807) is 71.8 Å². The zero-order valence-corrected chi connectivity index (χ0v) is 47.0. The SMILES string of the molecule is CN[C@@H](C)C(=O)N[C@H](C(=O)N1C[C@@H](CC(=O)c2ccc(C(=O)N[C@H]3C[C@@H](CN(CCc4ccccc4)C(C)=O)N(C(=O)[C@@H](NC(=O)[C@H](C)NC)C(C)(C)C)C3)cc2)C[C@H]1CN(CCc1ccccc1)C(C)=O)C(C)(C)C. The number of benzene rings is 3. The third kappa shape index (κ3) is 16.8. The van der Waals surface area contributed by atoms with Gasteiger partial charge < -0.3 is 46.2 Å². The molecule has 3 aromatic rings. The Kier molecular flexibility index (Phi) is 21.5. The molecule has 2 aliphatic rings. The minimum absolute atomic E-state index is 0.110. The number of hydrogen-bond acceptors (Lipinski definition) is 10. The minimum Gasteiger partial charge on any atom is -0.347 e. The highest BCUT2D eigenvalue weighted by Gasteiger charge is 2.45. The molecule has 8 atom stereocenters. The van der Waals surface area contributed by atoms with Crippen LogP contribution in [0.2, 0.25) is 0 Å². The van der Waals surface area contributed by atoms with Crippen LogP contribution >= 0.6 is 0 Å². The molecule has 17 heteroatoms. The van der Waals surface area contributed by atoms with Crippen LogP contribution in [0, 0.1) is 16.7 Å². The van der Waals surface area contributed by atoms with Gasteiger partial charge in [0, 0.05) is 82.7 Å². The van der Waals surface area contributed by atoms with E-state index in [9.17, 15) is 38.4 Å². The lowest BCUT2D eigenvalue weighted by Gasteiger charge is -2.37. The van der Waals surface area contributed by atoms with E-state index in [1.165, 1.54) is 13.8 Å². The molecule has 5 rings (SSSR count). The van der Waals surface area contributed by atoms with Crippen LogP contribution < -0.4 is 26.6 Å². The molecular weight excluding hydrogens is 963 g/mol. The first kappa shape index (κ1) is 60.4. The molecule has 0 radical (unpaired) electrons. The van der Waals surface area contributed by atoms with Crippen molar-refractivity contribution in [3.05, 3.63) is 107 Å². The quantitative estimate of drug-likeness (QED) is 0.0832. The second-order valence-electron chi connectivity index (χ2n) is 23.0. The summed E-state index contributed by atoms with van der Waals surface area (Å²) >= 11 is 0. The summed E-state index contributed by atoms with van der Waals surface area (Å²) in [4.78, 5) is 117. The fraction of sp³-hybridized carbons (Fsp3) is 0.559. The number of likely N-dealkylation sites (tertiary alicyclic amines) is 2. The van der Waals surface area contributed by atoms with Crippen molar-refractivity contribution >= 4 is 47.1 Å². The molecule has 2 heterocycles. The zero-order chi connectivity index (χ0) is 56.1. The molecule has 3 aromatic carbocycles. The van der Waals surface area contributed by atoms with E-state index in [1.807, 2.05) is 102 Å². The van der Waals surface area contributed by atoms with Crippen molar-refractivity contribution < 1.29 is 38.4 Å². The lowest BCUT2D eigenvalue weighted by atomic mass is 9.85. The van der Waals surface area contributed by atoms with E-state index >= 15 is 0 Å². The molecule has 76 heavy (non-hydrogen) atoms. The van der Waals surface area contributed by atoms with Gasteiger partial charge in [-0.25, -0.2) is 0 Å². The predicted octanol–water partition coefficient (Wildman–Crippen LogP) is 4.64. The maximum atomic E-state index is 14.7. The molecule has 2 aliphatic heterocycles. The highest BCUT2D eigenvalue weighted by molar-refractivity contribution is 5.99. The van der Waals surface area contributed by atoms with E-state index in [2.05, 4.69) is 26.6 Å². The molecule has 0 saturated carbocycles.